The third-order valence-electron chi connectivity index (χ3n) is 4.67. The van der Waals surface area contributed by atoms with Crippen LogP contribution in [0.15, 0.2) is 66.7 Å². The molecule has 1 N–H and O–H groups in total. The predicted molar refractivity (Wildman–Crippen MR) is 99.5 cm³/mol. The molecule has 0 fully saturated rings. The monoisotopic (exact) mass is 316 g/mol. The van der Waals surface area contributed by atoms with Crippen LogP contribution in [-0.2, 0) is 11.2 Å². The number of para-hydroxylation sites is 1. The van der Waals surface area contributed by atoms with E-state index in [0.717, 1.165) is 17.8 Å². The molecule has 3 aromatic rings. The van der Waals surface area contributed by atoms with Crippen LogP contribution in [-0.4, -0.2) is 18.5 Å². The van der Waals surface area contributed by atoms with Gasteiger partial charge >= 0.3 is 0 Å². The van der Waals surface area contributed by atoms with Crippen molar-refractivity contribution in [1.82, 2.24) is 0 Å². The van der Waals surface area contributed by atoms with Crippen LogP contribution >= 0.6 is 0 Å². The first kappa shape index (κ1) is 14.8. The molecule has 1 amide bonds. The van der Waals surface area contributed by atoms with E-state index in [1.807, 2.05) is 41.3 Å². The smallest absolute Gasteiger partial charge is 0.246 e. The van der Waals surface area contributed by atoms with Crippen LogP contribution < -0.4 is 10.2 Å². The van der Waals surface area contributed by atoms with Crippen LogP contribution in [0.25, 0.3) is 10.8 Å². The quantitative estimate of drug-likeness (QED) is 0.784. The number of anilines is 2. The van der Waals surface area contributed by atoms with E-state index in [2.05, 4.69) is 42.6 Å². The topological polar surface area (TPSA) is 32.3 Å². The molecular weight excluding hydrogens is 296 g/mol. The summed E-state index contributed by atoms with van der Waals surface area (Å²) in [4.78, 5) is 14.6. The number of nitrogens with one attached hydrogen (secondary N) is 1. The summed E-state index contributed by atoms with van der Waals surface area (Å²) in [6.45, 7) is 2.41. The van der Waals surface area contributed by atoms with Gasteiger partial charge in [-0.15, -0.1) is 0 Å². The number of nitrogens with zero attached hydrogens (tertiary/aromatic N) is 1. The van der Waals surface area contributed by atoms with Gasteiger partial charge in [-0.3, -0.25) is 4.79 Å². The minimum atomic E-state index is 0.112. The molecule has 4 rings (SSSR count). The summed E-state index contributed by atoms with van der Waals surface area (Å²) in [5.74, 6) is 0.112. The summed E-state index contributed by atoms with van der Waals surface area (Å²) in [5.41, 5.74) is 3.28. The first-order chi connectivity index (χ1) is 11.7. The number of hydrogen-bond donors (Lipinski definition) is 1. The van der Waals surface area contributed by atoms with Crippen molar-refractivity contribution in [3.05, 3.63) is 72.3 Å². The van der Waals surface area contributed by atoms with E-state index in [1.165, 1.54) is 16.3 Å². The molecular formula is C21H20N2O. The van der Waals surface area contributed by atoms with Crippen molar-refractivity contribution in [2.75, 3.05) is 16.8 Å². The predicted octanol–water partition coefficient (Wildman–Crippen LogP) is 4.23. The van der Waals surface area contributed by atoms with Crippen molar-refractivity contribution in [3.8, 4) is 0 Å². The van der Waals surface area contributed by atoms with Crippen LogP contribution in [0.1, 0.15) is 12.5 Å². The van der Waals surface area contributed by atoms with Crippen molar-refractivity contribution in [1.29, 1.82) is 0 Å². The van der Waals surface area contributed by atoms with E-state index in [4.69, 9.17) is 0 Å². The summed E-state index contributed by atoms with van der Waals surface area (Å²) in [6, 6.07) is 22.8. The SMILES string of the molecule is C[C@H]1Cc2ccccc2N1C(=O)CNc1ccc2ccccc2c1. The highest BCUT2D eigenvalue weighted by molar-refractivity contribution is 5.99. The van der Waals surface area contributed by atoms with Crippen molar-refractivity contribution in [2.45, 2.75) is 19.4 Å². The summed E-state index contributed by atoms with van der Waals surface area (Å²) in [5, 5.41) is 5.65. The molecule has 0 aromatic heterocycles. The minimum Gasteiger partial charge on any atom is -0.376 e. The molecule has 120 valence electrons. The van der Waals surface area contributed by atoms with Crippen LogP contribution in [0.3, 0.4) is 0 Å². The van der Waals surface area contributed by atoms with Gasteiger partial charge in [0.2, 0.25) is 5.91 Å². The molecule has 1 aliphatic heterocycles. The molecule has 0 spiro atoms. The lowest BCUT2D eigenvalue weighted by Gasteiger charge is -2.23. The number of carbonyl (C=O) groups is 1. The Kier molecular flexibility index (Phi) is 3.69. The number of hydrogen-bond acceptors (Lipinski definition) is 2. The van der Waals surface area contributed by atoms with Gasteiger partial charge in [0.15, 0.2) is 0 Å². The van der Waals surface area contributed by atoms with Gasteiger partial charge in [-0.1, -0.05) is 48.5 Å². The highest BCUT2D eigenvalue weighted by Gasteiger charge is 2.30. The van der Waals surface area contributed by atoms with Gasteiger partial charge < -0.3 is 10.2 Å². The fraction of sp³-hybridized carbons (Fsp3) is 0.190. The van der Waals surface area contributed by atoms with Gasteiger partial charge in [0.25, 0.3) is 0 Å². The molecule has 24 heavy (non-hydrogen) atoms. The van der Waals surface area contributed by atoms with Gasteiger partial charge in [0, 0.05) is 17.4 Å². The Bertz CT molecular complexity index is 903. The molecule has 3 nitrogen and oxygen atoms in total. The molecule has 1 aliphatic rings. The molecule has 3 aromatic carbocycles. The van der Waals surface area contributed by atoms with Gasteiger partial charge in [0.05, 0.1) is 6.54 Å². The maximum atomic E-state index is 12.7. The van der Waals surface area contributed by atoms with E-state index in [-0.39, 0.29) is 11.9 Å². The average Bonchev–Trinajstić information content (AvgIpc) is 2.95. The third-order valence-corrected chi connectivity index (χ3v) is 4.67. The van der Waals surface area contributed by atoms with E-state index >= 15 is 0 Å². The number of carbonyl (C=O) groups excluding carboxylic acids is 1. The second kappa shape index (κ2) is 6.00. The van der Waals surface area contributed by atoms with E-state index < -0.39 is 0 Å². The zero-order valence-corrected chi connectivity index (χ0v) is 13.7. The number of fused-ring (bicyclic) bond motifs is 2. The van der Waals surface area contributed by atoms with Crippen LogP contribution in [0.4, 0.5) is 11.4 Å². The Balaban J connectivity index is 1.50. The number of benzene rings is 3. The molecule has 0 saturated carbocycles. The lowest BCUT2D eigenvalue weighted by Crippen LogP contribution is -2.39. The van der Waals surface area contributed by atoms with Gasteiger partial charge in [-0.05, 0) is 47.9 Å². The lowest BCUT2D eigenvalue weighted by atomic mass is 10.1. The number of rotatable bonds is 3. The Morgan fingerprint density at radius 2 is 1.79 bits per heavy atom. The normalized spacial score (nSPS) is 16.2. The Labute approximate surface area is 141 Å². The first-order valence-corrected chi connectivity index (χ1v) is 8.35. The van der Waals surface area contributed by atoms with Gasteiger partial charge in [-0.25, -0.2) is 0 Å². The average molecular weight is 316 g/mol. The summed E-state index contributed by atoms with van der Waals surface area (Å²) >= 11 is 0. The second-order valence-corrected chi connectivity index (χ2v) is 6.36. The van der Waals surface area contributed by atoms with E-state index in [9.17, 15) is 4.79 Å². The van der Waals surface area contributed by atoms with E-state index in [1.54, 1.807) is 0 Å². The fourth-order valence-corrected chi connectivity index (χ4v) is 3.51. The molecule has 0 unspecified atom stereocenters. The number of amides is 1. The van der Waals surface area contributed by atoms with Crippen molar-refractivity contribution in [2.24, 2.45) is 0 Å². The highest BCUT2D eigenvalue weighted by atomic mass is 16.2. The summed E-state index contributed by atoms with van der Waals surface area (Å²) in [7, 11) is 0. The third kappa shape index (κ3) is 2.62. The standard InChI is InChI=1S/C21H20N2O/c1-15-12-18-8-4-5-9-20(18)23(15)21(24)14-22-19-11-10-16-6-2-3-7-17(16)13-19/h2-11,13,15,22H,12,14H2,1H3/t15-/m0/s1. The van der Waals surface area contributed by atoms with Crippen LogP contribution in [0, 0.1) is 0 Å². The molecule has 1 heterocycles. The zero-order valence-electron chi connectivity index (χ0n) is 13.7. The van der Waals surface area contributed by atoms with Gasteiger partial charge in [-0.2, -0.15) is 0 Å². The maximum Gasteiger partial charge on any atom is 0.246 e. The Morgan fingerprint density at radius 3 is 2.67 bits per heavy atom. The second-order valence-electron chi connectivity index (χ2n) is 6.36. The fourth-order valence-electron chi connectivity index (χ4n) is 3.51. The summed E-state index contributed by atoms with van der Waals surface area (Å²) in [6.07, 6.45) is 0.928. The lowest BCUT2D eigenvalue weighted by molar-refractivity contribution is -0.117. The Hall–Kier alpha value is -2.81. The van der Waals surface area contributed by atoms with Crippen LogP contribution in [0.5, 0.6) is 0 Å². The van der Waals surface area contributed by atoms with Gasteiger partial charge in [0.1, 0.15) is 0 Å². The van der Waals surface area contributed by atoms with E-state index in [0.29, 0.717) is 6.54 Å². The molecule has 3 heteroatoms. The maximum absolute atomic E-state index is 12.7. The molecule has 0 radical (unpaired) electrons. The first-order valence-electron chi connectivity index (χ1n) is 8.35. The van der Waals surface area contributed by atoms with Crippen molar-refractivity contribution >= 4 is 28.1 Å². The Morgan fingerprint density at radius 1 is 1.04 bits per heavy atom. The summed E-state index contributed by atoms with van der Waals surface area (Å²) < 4.78 is 0. The van der Waals surface area contributed by atoms with Crippen molar-refractivity contribution in [3.63, 3.8) is 0 Å². The largest absolute Gasteiger partial charge is 0.376 e. The van der Waals surface area contributed by atoms with Crippen LogP contribution in [0.2, 0.25) is 0 Å². The zero-order chi connectivity index (χ0) is 16.5. The molecule has 0 saturated heterocycles. The molecule has 0 bridgehead atoms. The van der Waals surface area contributed by atoms with Crippen molar-refractivity contribution < 1.29 is 4.79 Å². The molecule has 0 aliphatic carbocycles. The molecule has 1 atom stereocenters. The highest BCUT2D eigenvalue weighted by Crippen LogP contribution is 2.31. The minimum absolute atomic E-state index is 0.112.